The number of amides is 1. The van der Waals surface area contributed by atoms with Gasteiger partial charge >= 0.3 is 6.09 Å². The summed E-state index contributed by atoms with van der Waals surface area (Å²) in [5.74, 6) is -0.889. The summed E-state index contributed by atoms with van der Waals surface area (Å²) in [6.45, 7) is 2.53. The molecule has 0 radical (unpaired) electrons. The van der Waals surface area contributed by atoms with Crippen LogP contribution in [0.3, 0.4) is 0 Å². The molecule has 0 unspecified atom stereocenters. The van der Waals surface area contributed by atoms with Crippen molar-refractivity contribution in [3.63, 3.8) is 0 Å². The number of morpholine rings is 1. The van der Waals surface area contributed by atoms with Gasteiger partial charge < -0.3 is 19.1 Å². The van der Waals surface area contributed by atoms with Gasteiger partial charge in [0.15, 0.2) is 0 Å². The topological polar surface area (TPSA) is 127 Å². The molecule has 0 bridgehead atoms. The summed E-state index contributed by atoms with van der Waals surface area (Å²) in [7, 11) is -4.16. The molecule has 1 aliphatic heterocycles. The van der Waals surface area contributed by atoms with E-state index in [0.29, 0.717) is 11.3 Å². The number of imidazole rings is 1. The molecule has 1 aromatic carbocycles. The second-order valence-corrected chi connectivity index (χ2v) is 9.54. The lowest BCUT2D eigenvalue weighted by Crippen LogP contribution is -2.45. The van der Waals surface area contributed by atoms with E-state index < -0.39 is 32.9 Å². The largest absolute Gasteiger partial charge is 0.465 e. The number of nitrogens with zero attached hydrogens (tertiary/aromatic N) is 3. The molecular weight excluding hydrogens is 463 g/mol. The zero-order chi connectivity index (χ0) is 23.2. The van der Waals surface area contributed by atoms with Crippen molar-refractivity contribution in [2.45, 2.75) is 24.3 Å². The summed E-state index contributed by atoms with van der Waals surface area (Å²) in [5, 5.41) is 14.3. The van der Waals surface area contributed by atoms with Gasteiger partial charge in [0.1, 0.15) is 11.5 Å². The quantitative estimate of drug-likeness (QED) is 0.588. The molecule has 170 valence electrons. The van der Waals surface area contributed by atoms with Crippen LogP contribution in [0, 0.1) is 12.7 Å². The van der Waals surface area contributed by atoms with Crippen molar-refractivity contribution in [1.29, 1.82) is 0 Å². The molecule has 32 heavy (non-hydrogen) atoms. The summed E-state index contributed by atoms with van der Waals surface area (Å²) < 4.78 is 45.9. The number of hydrogen-bond acceptors (Lipinski definition) is 5. The maximum atomic E-state index is 15.1. The summed E-state index contributed by atoms with van der Waals surface area (Å²) >= 11 is 6.29. The van der Waals surface area contributed by atoms with Crippen LogP contribution >= 0.6 is 11.6 Å². The second-order valence-electron chi connectivity index (χ2n) is 7.57. The maximum Gasteiger partial charge on any atom is 0.407 e. The number of fused-ring (bicyclic) bond motifs is 1. The molecular formula is C20H20ClFN4O5S. The second kappa shape index (κ2) is 8.32. The van der Waals surface area contributed by atoms with E-state index >= 15 is 4.39 Å². The standard InChI is InChI=1S/C20H20ClFN4O5S/c1-11-2-3-26-16(7-12-10-25(20(27)28)4-5-31-12)19(24-17(26)6-11)18-14(21)8-13(9-15(18)22)32(23,29)30/h2-3,6,8-9,12H,4-5,7,10H2,1H3,(H,27,28)(H2,23,29,30)/t12-/m0/s1. The fourth-order valence-electron chi connectivity index (χ4n) is 3.77. The van der Waals surface area contributed by atoms with Gasteiger partial charge in [-0.3, -0.25) is 0 Å². The van der Waals surface area contributed by atoms with E-state index in [9.17, 15) is 18.3 Å². The van der Waals surface area contributed by atoms with E-state index in [1.165, 1.54) is 4.90 Å². The molecule has 0 saturated carbocycles. The van der Waals surface area contributed by atoms with Gasteiger partial charge in [0.2, 0.25) is 10.0 Å². The Kier molecular flexibility index (Phi) is 5.84. The van der Waals surface area contributed by atoms with Crippen LogP contribution < -0.4 is 5.14 Å². The highest BCUT2D eigenvalue weighted by atomic mass is 35.5. The van der Waals surface area contributed by atoms with Crippen molar-refractivity contribution in [2.75, 3.05) is 19.7 Å². The monoisotopic (exact) mass is 482 g/mol. The number of ether oxygens (including phenoxy) is 1. The Labute approximate surface area is 188 Å². The number of carbonyl (C=O) groups is 1. The van der Waals surface area contributed by atoms with Gasteiger partial charge in [-0.1, -0.05) is 11.6 Å². The number of hydrogen-bond donors (Lipinski definition) is 2. The average molecular weight is 483 g/mol. The fourth-order valence-corrected chi connectivity index (χ4v) is 4.68. The Morgan fingerprint density at radius 2 is 2.16 bits per heavy atom. The molecule has 1 saturated heterocycles. The first-order chi connectivity index (χ1) is 15.0. The molecule has 0 spiro atoms. The number of aromatic nitrogens is 2. The van der Waals surface area contributed by atoms with Gasteiger partial charge in [-0.2, -0.15) is 0 Å². The van der Waals surface area contributed by atoms with Gasteiger partial charge in [-0.05, 0) is 36.8 Å². The van der Waals surface area contributed by atoms with Gasteiger partial charge in [0, 0.05) is 19.2 Å². The van der Waals surface area contributed by atoms with Crippen LogP contribution in [0.25, 0.3) is 16.9 Å². The van der Waals surface area contributed by atoms with Crippen molar-refractivity contribution in [1.82, 2.24) is 14.3 Å². The first-order valence-electron chi connectivity index (χ1n) is 9.64. The molecule has 0 aliphatic carbocycles. The summed E-state index contributed by atoms with van der Waals surface area (Å²) in [6.07, 6.45) is 0.486. The highest BCUT2D eigenvalue weighted by molar-refractivity contribution is 7.89. The first kappa shape index (κ1) is 22.5. The third-order valence-corrected chi connectivity index (χ3v) is 6.48. The Hall–Kier alpha value is -2.73. The normalized spacial score (nSPS) is 17.1. The lowest BCUT2D eigenvalue weighted by Gasteiger charge is -2.31. The fraction of sp³-hybridized carbons (Fsp3) is 0.300. The Morgan fingerprint density at radius 1 is 1.41 bits per heavy atom. The molecule has 4 rings (SSSR count). The zero-order valence-corrected chi connectivity index (χ0v) is 18.5. The maximum absolute atomic E-state index is 15.1. The van der Waals surface area contributed by atoms with E-state index in [4.69, 9.17) is 21.5 Å². The smallest absolute Gasteiger partial charge is 0.407 e. The van der Waals surface area contributed by atoms with E-state index in [2.05, 4.69) is 4.98 Å². The number of aryl methyl sites for hydroxylation is 1. The number of rotatable bonds is 4. The molecule has 1 atom stereocenters. The van der Waals surface area contributed by atoms with Crippen LogP contribution in [0.2, 0.25) is 5.02 Å². The molecule has 12 heteroatoms. The van der Waals surface area contributed by atoms with Gasteiger partial charge in [0.05, 0.1) is 46.1 Å². The Balaban J connectivity index is 1.85. The molecule has 1 fully saturated rings. The number of pyridine rings is 1. The molecule has 9 nitrogen and oxygen atoms in total. The minimum Gasteiger partial charge on any atom is -0.465 e. The zero-order valence-electron chi connectivity index (χ0n) is 17.0. The SMILES string of the molecule is Cc1ccn2c(C[C@H]3CN(C(=O)O)CCO3)c(-c3c(F)cc(S(N)(=O)=O)cc3Cl)nc2c1. The van der Waals surface area contributed by atoms with Crippen LogP contribution in [0.15, 0.2) is 35.4 Å². The third-order valence-electron chi connectivity index (χ3n) is 5.29. The van der Waals surface area contributed by atoms with E-state index in [-0.39, 0.29) is 42.4 Å². The highest BCUT2D eigenvalue weighted by Crippen LogP contribution is 2.36. The van der Waals surface area contributed by atoms with E-state index in [0.717, 1.165) is 17.7 Å². The number of benzene rings is 1. The van der Waals surface area contributed by atoms with Crippen molar-refractivity contribution in [3.8, 4) is 11.3 Å². The predicted octanol–water partition coefficient (Wildman–Crippen LogP) is 2.67. The number of carboxylic acid groups (broad SMARTS) is 1. The van der Waals surface area contributed by atoms with E-state index in [1.807, 2.05) is 19.1 Å². The Morgan fingerprint density at radius 3 is 2.81 bits per heavy atom. The van der Waals surface area contributed by atoms with Crippen molar-refractivity contribution in [3.05, 3.63) is 52.6 Å². The van der Waals surface area contributed by atoms with Gasteiger partial charge in [-0.15, -0.1) is 0 Å². The summed E-state index contributed by atoms with van der Waals surface area (Å²) in [6, 6.07) is 5.55. The first-order valence-corrected chi connectivity index (χ1v) is 11.6. The average Bonchev–Trinajstić information content (AvgIpc) is 3.04. The minimum absolute atomic E-state index is 0.0682. The number of sulfonamides is 1. The molecule has 3 heterocycles. The van der Waals surface area contributed by atoms with Gasteiger partial charge in [0.25, 0.3) is 0 Å². The third kappa shape index (κ3) is 4.29. The molecule has 3 aromatic rings. The Bertz CT molecular complexity index is 1300. The molecule has 2 aromatic heterocycles. The predicted molar refractivity (Wildman–Crippen MR) is 115 cm³/mol. The lowest BCUT2D eigenvalue weighted by molar-refractivity contribution is -0.0214. The number of nitrogens with two attached hydrogens (primary N) is 1. The molecule has 3 N–H and O–H groups in total. The lowest BCUT2D eigenvalue weighted by atomic mass is 10.0. The van der Waals surface area contributed by atoms with Crippen molar-refractivity contribution >= 4 is 33.4 Å². The number of halogens is 2. The van der Waals surface area contributed by atoms with Crippen LogP contribution in [-0.2, 0) is 21.2 Å². The van der Waals surface area contributed by atoms with Crippen molar-refractivity contribution in [2.24, 2.45) is 5.14 Å². The minimum atomic E-state index is -4.16. The number of primary sulfonamides is 1. The van der Waals surface area contributed by atoms with Gasteiger partial charge in [-0.25, -0.2) is 27.7 Å². The highest BCUT2D eigenvalue weighted by Gasteiger charge is 2.28. The van der Waals surface area contributed by atoms with Crippen molar-refractivity contribution < 1.29 is 27.4 Å². The van der Waals surface area contributed by atoms with Crippen LogP contribution in [-0.4, -0.2) is 59.7 Å². The summed E-state index contributed by atoms with van der Waals surface area (Å²) in [5.41, 5.74) is 2.17. The summed E-state index contributed by atoms with van der Waals surface area (Å²) in [4.78, 5) is 16.7. The van der Waals surface area contributed by atoms with Crippen LogP contribution in [0.1, 0.15) is 11.3 Å². The molecule has 1 aliphatic rings. The van der Waals surface area contributed by atoms with Crippen LogP contribution in [0.5, 0.6) is 0 Å². The van der Waals surface area contributed by atoms with Crippen LogP contribution in [0.4, 0.5) is 9.18 Å². The molecule has 1 amide bonds. The van der Waals surface area contributed by atoms with E-state index in [1.54, 1.807) is 10.6 Å².